The molecule has 24 heavy (non-hydrogen) atoms. The molecule has 0 fully saturated rings. The lowest BCUT2D eigenvalue weighted by Crippen LogP contribution is -1.90. The number of rotatable bonds is 3. The topological polar surface area (TPSA) is 9.23 Å². The van der Waals surface area contributed by atoms with Crippen molar-refractivity contribution in [1.29, 1.82) is 0 Å². The van der Waals surface area contributed by atoms with E-state index in [9.17, 15) is 0 Å². The molecule has 0 bridgehead atoms. The summed E-state index contributed by atoms with van der Waals surface area (Å²) >= 11 is 0. The van der Waals surface area contributed by atoms with Crippen LogP contribution in [0.25, 0.3) is 33.0 Å². The van der Waals surface area contributed by atoms with Gasteiger partial charge in [-0.15, -0.1) is 0 Å². The molecule has 4 rings (SSSR count). The highest BCUT2D eigenvalue weighted by Gasteiger charge is 2.10. The van der Waals surface area contributed by atoms with Crippen LogP contribution in [0.4, 0.5) is 0 Å². The minimum absolute atomic E-state index is 0.929. The summed E-state index contributed by atoms with van der Waals surface area (Å²) in [6.07, 6.45) is 0. The molecule has 0 aliphatic rings. The van der Waals surface area contributed by atoms with Crippen LogP contribution in [0.15, 0.2) is 91.0 Å². The Hall–Kier alpha value is -3.06. The van der Waals surface area contributed by atoms with Crippen LogP contribution in [0.1, 0.15) is 0 Å². The van der Waals surface area contributed by atoms with Gasteiger partial charge in [-0.25, -0.2) is 0 Å². The summed E-state index contributed by atoms with van der Waals surface area (Å²) in [4.78, 5) is 0. The van der Waals surface area contributed by atoms with Crippen molar-refractivity contribution in [3.8, 4) is 28.0 Å². The van der Waals surface area contributed by atoms with E-state index in [1.165, 1.54) is 22.1 Å². The monoisotopic (exact) mass is 310 g/mol. The van der Waals surface area contributed by atoms with Gasteiger partial charge in [0.2, 0.25) is 0 Å². The van der Waals surface area contributed by atoms with Gasteiger partial charge >= 0.3 is 0 Å². The summed E-state index contributed by atoms with van der Waals surface area (Å²) in [6.45, 7) is 0. The molecule has 0 radical (unpaired) electrons. The SMILES string of the molecule is COc1c(-c2ccccc2)ccc2cc(-c3ccccc3)ccc12. The van der Waals surface area contributed by atoms with Crippen LogP contribution in [0.2, 0.25) is 0 Å². The molecule has 0 saturated heterocycles. The Morgan fingerprint density at radius 1 is 0.583 bits per heavy atom. The highest BCUT2D eigenvalue weighted by molar-refractivity contribution is 5.97. The number of ether oxygens (including phenoxy) is 1. The van der Waals surface area contributed by atoms with E-state index in [2.05, 4.69) is 78.9 Å². The Morgan fingerprint density at radius 3 is 1.92 bits per heavy atom. The molecule has 0 unspecified atom stereocenters. The summed E-state index contributed by atoms with van der Waals surface area (Å²) in [5.74, 6) is 0.929. The van der Waals surface area contributed by atoms with Crippen LogP contribution < -0.4 is 4.74 Å². The maximum Gasteiger partial charge on any atom is 0.134 e. The van der Waals surface area contributed by atoms with Crippen LogP contribution in [0, 0.1) is 0 Å². The second-order valence-corrected chi connectivity index (χ2v) is 5.81. The molecular weight excluding hydrogens is 292 g/mol. The molecule has 0 saturated carbocycles. The first-order chi connectivity index (χ1) is 11.9. The molecule has 116 valence electrons. The second kappa shape index (κ2) is 6.21. The molecule has 1 heteroatoms. The Bertz CT molecular complexity index is 973. The van der Waals surface area contributed by atoms with Gasteiger partial charge in [-0.05, 0) is 28.1 Å². The lowest BCUT2D eigenvalue weighted by Gasteiger charge is -2.13. The van der Waals surface area contributed by atoms with Gasteiger partial charge in [-0.1, -0.05) is 84.9 Å². The summed E-state index contributed by atoms with van der Waals surface area (Å²) < 4.78 is 5.76. The van der Waals surface area contributed by atoms with Gasteiger partial charge in [-0.2, -0.15) is 0 Å². The van der Waals surface area contributed by atoms with Crippen LogP contribution in [0.3, 0.4) is 0 Å². The van der Waals surface area contributed by atoms with Crippen LogP contribution >= 0.6 is 0 Å². The number of hydrogen-bond acceptors (Lipinski definition) is 1. The lowest BCUT2D eigenvalue weighted by molar-refractivity contribution is 0.421. The van der Waals surface area contributed by atoms with Gasteiger partial charge in [0.15, 0.2) is 0 Å². The molecule has 4 aromatic rings. The van der Waals surface area contributed by atoms with E-state index in [0.29, 0.717) is 0 Å². The van der Waals surface area contributed by atoms with Crippen LogP contribution in [-0.4, -0.2) is 7.11 Å². The van der Waals surface area contributed by atoms with E-state index in [-0.39, 0.29) is 0 Å². The van der Waals surface area contributed by atoms with E-state index in [1.54, 1.807) is 7.11 Å². The van der Waals surface area contributed by atoms with Gasteiger partial charge < -0.3 is 4.74 Å². The maximum atomic E-state index is 5.76. The van der Waals surface area contributed by atoms with Crippen molar-refractivity contribution in [1.82, 2.24) is 0 Å². The van der Waals surface area contributed by atoms with Gasteiger partial charge in [0, 0.05) is 10.9 Å². The van der Waals surface area contributed by atoms with Gasteiger partial charge in [0.05, 0.1) is 7.11 Å². The van der Waals surface area contributed by atoms with Gasteiger partial charge in [0.1, 0.15) is 5.75 Å². The third-order valence-electron chi connectivity index (χ3n) is 4.37. The normalized spacial score (nSPS) is 10.7. The number of hydrogen-bond donors (Lipinski definition) is 0. The molecule has 0 aliphatic heterocycles. The fourth-order valence-electron chi connectivity index (χ4n) is 3.18. The maximum absolute atomic E-state index is 5.76. The number of benzene rings is 4. The fourth-order valence-corrected chi connectivity index (χ4v) is 3.18. The smallest absolute Gasteiger partial charge is 0.134 e. The van der Waals surface area contributed by atoms with Crippen LogP contribution in [0.5, 0.6) is 5.75 Å². The standard InChI is InChI=1S/C23H18O/c1-24-23-21(18-10-6-3-7-11-18)15-13-20-16-19(12-14-22(20)23)17-8-4-2-5-9-17/h2-16H,1H3. The average molecular weight is 310 g/mol. The van der Waals surface area contributed by atoms with Gasteiger partial charge in [0.25, 0.3) is 0 Å². The van der Waals surface area contributed by atoms with Gasteiger partial charge in [-0.3, -0.25) is 0 Å². The molecular formula is C23H18O. The Labute approximate surface area is 142 Å². The predicted octanol–water partition coefficient (Wildman–Crippen LogP) is 6.18. The highest BCUT2D eigenvalue weighted by Crippen LogP contribution is 2.38. The molecule has 0 heterocycles. The minimum Gasteiger partial charge on any atom is -0.495 e. The highest BCUT2D eigenvalue weighted by atomic mass is 16.5. The molecule has 0 amide bonds. The summed E-state index contributed by atoms with van der Waals surface area (Å²) in [5, 5.41) is 2.33. The van der Waals surface area contributed by atoms with E-state index >= 15 is 0 Å². The number of methoxy groups -OCH3 is 1. The Morgan fingerprint density at radius 2 is 1.25 bits per heavy atom. The predicted molar refractivity (Wildman–Crippen MR) is 101 cm³/mol. The number of fused-ring (bicyclic) bond motifs is 1. The molecule has 0 N–H and O–H groups in total. The molecule has 0 aromatic heterocycles. The third-order valence-corrected chi connectivity index (χ3v) is 4.37. The van der Waals surface area contributed by atoms with Crippen molar-refractivity contribution in [2.24, 2.45) is 0 Å². The zero-order chi connectivity index (χ0) is 16.4. The quantitative estimate of drug-likeness (QED) is 0.439. The summed E-state index contributed by atoms with van der Waals surface area (Å²) in [5.41, 5.74) is 4.74. The summed E-state index contributed by atoms with van der Waals surface area (Å²) in [7, 11) is 1.74. The van der Waals surface area contributed by atoms with Crippen molar-refractivity contribution in [2.75, 3.05) is 7.11 Å². The van der Waals surface area contributed by atoms with E-state index in [1.807, 2.05) is 12.1 Å². The molecule has 4 aromatic carbocycles. The molecule has 0 atom stereocenters. The summed E-state index contributed by atoms with van der Waals surface area (Å²) in [6, 6.07) is 31.7. The average Bonchev–Trinajstić information content (AvgIpc) is 2.68. The van der Waals surface area contributed by atoms with Crippen molar-refractivity contribution in [2.45, 2.75) is 0 Å². The fraction of sp³-hybridized carbons (Fsp3) is 0.0435. The Balaban J connectivity index is 1.89. The van der Waals surface area contributed by atoms with Crippen molar-refractivity contribution in [3.63, 3.8) is 0 Å². The van der Waals surface area contributed by atoms with Crippen molar-refractivity contribution >= 4 is 10.8 Å². The zero-order valence-electron chi connectivity index (χ0n) is 13.6. The lowest BCUT2D eigenvalue weighted by atomic mass is 9.96. The molecule has 0 spiro atoms. The molecule has 0 aliphatic carbocycles. The van der Waals surface area contributed by atoms with E-state index < -0.39 is 0 Å². The van der Waals surface area contributed by atoms with Crippen molar-refractivity contribution < 1.29 is 4.74 Å². The van der Waals surface area contributed by atoms with E-state index in [0.717, 1.165) is 16.7 Å². The third kappa shape index (κ3) is 2.55. The van der Waals surface area contributed by atoms with Crippen molar-refractivity contribution in [3.05, 3.63) is 91.0 Å². The first-order valence-electron chi connectivity index (χ1n) is 8.08. The molecule has 1 nitrogen and oxygen atoms in total. The minimum atomic E-state index is 0.929. The Kier molecular flexibility index (Phi) is 3.76. The zero-order valence-corrected chi connectivity index (χ0v) is 13.6. The van der Waals surface area contributed by atoms with Crippen LogP contribution in [-0.2, 0) is 0 Å². The first-order valence-corrected chi connectivity index (χ1v) is 8.08. The van der Waals surface area contributed by atoms with E-state index in [4.69, 9.17) is 4.74 Å². The largest absolute Gasteiger partial charge is 0.495 e. The first kappa shape index (κ1) is 14.5. The second-order valence-electron chi connectivity index (χ2n) is 5.81.